The molecule has 1 aliphatic rings. The van der Waals surface area contributed by atoms with Crippen LogP contribution in [0.25, 0.3) is 10.6 Å². The van der Waals surface area contributed by atoms with Crippen LogP contribution in [0.1, 0.15) is 29.0 Å². The van der Waals surface area contributed by atoms with Crippen molar-refractivity contribution < 1.29 is 26.3 Å². The Morgan fingerprint density at radius 1 is 1.00 bits per heavy atom. The summed E-state index contributed by atoms with van der Waals surface area (Å²) in [6, 6.07) is 9.67. The van der Waals surface area contributed by atoms with Gasteiger partial charge >= 0.3 is 6.18 Å². The van der Waals surface area contributed by atoms with Crippen molar-refractivity contribution in [1.29, 1.82) is 0 Å². The number of rotatable bonds is 5. The van der Waals surface area contributed by atoms with Crippen molar-refractivity contribution in [3.05, 3.63) is 83.1 Å². The number of anilines is 1. The predicted molar refractivity (Wildman–Crippen MR) is 124 cm³/mol. The second kappa shape index (κ2) is 8.93. The first kappa shape index (κ1) is 23.2. The Kier molecular flexibility index (Phi) is 5.93. The van der Waals surface area contributed by atoms with Gasteiger partial charge in [0.25, 0.3) is 10.0 Å². The van der Waals surface area contributed by atoms with E-state index in [1.807, 2.05) is 0 Å². The lowest BCUT2D eigenvalue weighted by Gasteiger charge is -2.28. The van der Waals surface area contributed by atoms with E-state index in [1.165, 1.54) is 41.9 Å². The third-order valence-electron chi connectivity index (χ3n) is 5.55. The molecule has 180 valence electrons. The van der Waals surface area contributed by atoms with Crippen LogP contribution in [0.3, 0.4) is 0 Å². The summed E-state index contributed by atoms with van der Waals surface area (Å²) in [7, 11) is -3.98. The number of fused-ring (bicyclic) bond motifs is 1. The predicted octanol–water partition coefficient (Wildman–Crippen LogP) is 5.33. The number of halogens is 3. The SMILES string of the molecule is O=S(=O)(Nc1ncccn1)c1ccc2c(c1)OCCC2c1ccc(C(F)(F)F)cc1-c1nccs1. The maximum atomic E-state index is 13.4. The van der Waals surface area contributed by atoms with Gasteiger partial charge in [0.1, 0.15) is 10.8 Å². The molecule has 0 fully saturated rings. The lowest BCUT2D eigenvalue weighted by Crippen LogP contribution is -2.19. The van der Waals surface area contributed by atoms with Gasteiger partial charge in [-0.1, -0.05) is 12.1 Å². The summed E-state index contributed by atoms with van der Waals surface area (Å²) in [4.78, 5) is 11.9. The first-order chi connectivity index (χ1) is 16.7. The summed E-state index contributed by atoms with van der Waals surface area (Å²) in [6.45, 7) is 0.273. The molecule has 12 heteroatoms. The number of hydrogen-bond donors (Lipinski definition) is 1. The fraction of sp³-hybridized carbons (Fsp3) is 0.174. The van der Waals surface area contributed by atoms with Crippen molar-refractivity contribution in [2.45, 2.75) is 23.4 Å². The van der Waals surface area contributed by atoms with E-state index in [0.717, 1.165) is 12.1 Å². The Morgan fingerprint density at radius 3 is 2.49 bits per heavy atom. The molecule has 0 saturated heterocycles. The van der Waals surface area contributed by atoms with E-state index < -0.39 is 21.8 Å². The molecule has 1 aliphatic heterocycles. The molecule has 1 N–H and O–H groups in total. The molecular weight excluding hydrogens is 501 g/mol. The normalized spacial score (nSPS) is 15.8. The van der Waals surface area contributed by atoms with Crippen molar-refractivity contribution in [2.24, 2.45) is 0 Å². The molecule has 7 nitrogen and oxygen atoms in total. The van der Waals surface area contributed by atoms with Gasteiger partial charge in [0.05, 0.1) is 17.1 Å². The highest BCUT2D eigenvalue weighted by Crippen LogP contribution is 2.44. The largest absolute Gasteiger partial charge is 0.493 e. The number of aromatic nitrogens is 3. The Labute approximate surface area is 202 Å². The third kappa shape index (κ3) is 4.71. The lowest BCUT2D eigenvalue weighted by atomic mass is 9.83. The number of sulfonamides is 1. The van der Waals surface area contributed by atoms with Crippen molar-refractivity contribution in [3.63, 3.8) is 0 Å². The van der Waals surface area contributed by atoms with Crippen molar-refractivity contribution in [1.82, 2.24) is 15.0 Å². The summed E-state index contributed by atoms with van der Waals surface area (Å²) in [6.07, 6.45) is 0.392. The van der Waals surface area contributed by atoms with Crippen LogP contribution in [0.4, 0.5) is 19.1 Å². The molecule has 3 heterocycles. The Hall–Kier alpha value is -3.51. The van der Waals surface area contributed by atoms with Gasteiger partial charge in [0, 0.05) is 47.1 Å². The Morgan fingerprint density at radius 2 is 1.77 bits per heavy atom. The zero-order chi connectivity index (χ0) is 24.6. The molecule has 1 atom stereocenters. The first-order valence-corrected chi connectivity index (χ1v) is 12.8. The number of ether oxygens (including phenoxy) is 1. The highest BCUT2D eigenvalue weighted by atomic mass is 32.2. The van der Waals surface area contributed by atoms with Crippen LogP contribution in [-0.4, -0.2) is 30.0 Å². The quantitative estimate of drug-likeness (QED) is 0.384. The second-order valence-electron chi connectivity index (χ2n) is 7.70. The van der Waals surface area contributed by atoms with Crippen molar-refractivity contribution in [2.75, 3.05) is 11.3 Å². The third-order valence-corrected chi connectivity index (χ3v) is 7.68. The van der Waals surface area contributed by atoms with Crippen LogP contribution >= 0.6 is 11.3 Å². The summed E-state index contributed by atoms with van der Waals surface area (Å²) < 4.78 is 74.0. The summed E-state index contributed by atoms with van der Waals surface area (Å²) in [5, 5.41) is 2.18. The maximum Gasteiger partial charge on any atom is 0.416 e. The molecule has 0 spiro atoms. The molecule has 2 aromatic heterocycles. The van der Waals surface area contributed by atoms with Crippen molar-refractivity contribution in [3.8, 4) is 16.3 Å². The standard InChI is InChI=1S/C23H17F3N4O3S2/c24-23(25,26)14-2-4-16(19(12-14)21-27-9-11-34-21)17-6-10-33-20-13-15(3-5-18(17)20)35(31,32)30-22-28-7-1-8-29-22/h1-5,7-9,11-13,17H,6,10H2,(H,28,29,30). The minimum absolute atomic E-state index is 0.0445. The molecule has 0 amide bonds. The molecular formula is C23H17F3N4O3S2. The second-order valence-corrected chi connectivity index (χ2v) is 10.3. The van der Waals surface area contributed by atoms with E-state index in [2.05, 4.69) is 19.7 Å². The van der Waals surface area contributed by atoms with Gasteiger partial charge in [-0.25, -0.2) is 28.1 Å². The minimum atomic E-state index is -4.49. The number of benzene rings is 2. The van der Waals surface area contributed by atoms with E-state index in [9.17, 15) is 21.6 Å². The molecule has 4 aromatic rings. The number of nitrogens with zero attached hydrogens (tertiary/aromatic N) is 3. The molecule has 5 rings (SSSR count). The Bertz CT molecular complexity index is 1460. The van der Waals surface area contributed by atoms with E-state index in [0.29, 0.717) is 33.9 Å². The first-order valence-electron chi connectivity index (χ1n) is 10.4. The summed E-state index contributed by atoms with van der Waals surface area (Å²) >= 11 is 1.25. The van der Waals surface area contributed by atoms with Gasteiger partial charge in [-0.3, -0.25) is 0 Å². The molecule has 35 heavy (non-hydrogen) atoms. The molecule has 0 bridgehead atoms. The molecule has 1 unspecified atom stereocenters. The highest BCUT2D eigenvalue weighted by Gasteiger charge is 2.33. The van der Waals surface area contributed by atoms with Gasteiger partial charge in [-0.05, 0) is 36.2 Å². The van der Waals surface area contributed by atoms with E-state index in [1.54, 1.807) is 23.7 Å². The van der Waals surface area contributed by atoms with Crippen LogP contribution in [0.15, 0.2) is 71.3 Å². The van der Waals surface area contributed by atoms with E-state index >= 15 is 0 Å². The molecule has 2 aromatic carbocycles. The summed E-state index contributed by atoms with van der Waals surface area (Å²) in [5.41, 5.74) is 0.995. The Balaban J connectivity index is 1.54. The van der Waals surface area contributed by atoms with Gasteiger partial charge in [0.15, 0.2) is 0 Å². The van der Waals surface area contributed by atoms with Crippen LogP contribution < -0.4 is 9.46 Å². The zero-order valence-corrected chi connectivity index (χ0v) is 19.5. The van der Waals surface area contributed by atoms with Crippen LogP contribution in [0, 0.1) is 0 Å². The van der Waals surface area contributed by atoms with Crippen LogP contribution in [0.5, 0.6) is 5.75 Å². The van der Waals surface area contributed by atoms with Gasteiger partial charge in [-0.15, -0.1) is 11.3 Å². The number of thiazole rings is 1. The number of hydrogen-bond acceptors (Lipinski definition) is 7. The number of alkyl halides is 3. The lowest BCUT2D eigenvalue weighted by molar-refractivity contribution is -0.137. The fourth-order valence-electron chi connectivity index (χ4n) is 3.97. The number of nitrogens with one attached hydrogen (secondary N) is 1. The highest BCUT2D eigenvalue weighted by molar-refractivity contribution is 7.92. The van der Waals surface area contributed by atoms with E-state index in [4.69, 9.17) is 4.74 Å². The van der Waals surface area contributed by atoms with Crippen LogP contribution in [0.2, 0.25) is 0 Å². The summed E-state index contributed by atoms with van der Waals surface area (Å²) in [5.74, 6) is -0.0212. The molecule has 0 aliphatic carbocycles. The smallest absolute Gasteiger partial charge is 0.416 e. The monoisotopic (exact) mass is 518 g/mol. The van der Waals surface area contributed by atoms with E-state index in [-0.39, 0.29) is 23.4 Å². The zero-order valence-electron chi connectivity index (χ0n) is 17.9. The average Bonchev–Trinajstić information content (AvgIpc) is 3.38. The fourth-order valence-corrected chi connectivity index (χ4v) is 5.62. The minimum Gasteiger partial charge on any atom is -0.493 e. The maximum absolute atomic E-state index is 13.4. The van der Waals surface area contributed by atoms with Crippen molar-refractivity contribution >= 4 is 27.3 Å². The average molecular weight is 519 g/mol. The molecule has 0 saturated carbocycles. The molecule has 0 radical (unpaired) electrons. The van der Waals surface area contributed by atoms with Gasteiger partial charge in [-0.2, -0.15) is 13.2 Å². The van der Waals surface area contributed by atoms with Crippen LogP contribution in [-0.2, 0) is 16.2 Å². The topological polar surface area (TPSA) is 94.1 Å². The van der Waals surface area contributed by atoms with Gasteiger partial charge in [0.2, 0.25) is 5.95 Å². The van der Waals surface area contributed by atoms with Gasteiger partial charge < -0.3 is 4.74 Å².